The van der Waals surface area contributed by atoms with E-state index in [4.69, 9.17) is 21.1 Å². The zero-order valence-electron chi connectivity index (χ0n) is 15.8. The fourth-order valence-corrected chi connectivity index (χ4v) is 3.82. The molecule has 2 heterocycles. The van der Waals surface area contributed by atoms with E-state index in [0.29, 0.717) is 0 Å². The van der Waals surface area contributed by atoms with Crippen LogP contribution in [0.4, 0.5) is 0 Å². The van der Waals surface area contributed by atoms with Gasteiger partial charge in [0, 0.05) is 23.7 Å². The summed E-state index contributed by atoms with van der Waals surface area (Å²) in [4.78, 5) is 2.56. The maximum absolute atomic E-state index is 6.18. The molecule has 3 aromatic rings. The van der Waals surface area contributed by atoms with Gasteiger partial charge in [0.1, 0.15) is 11.5 Å². The third kappa shape index (κ3) is 3.40. The number of benzene rings is 1. The van der Waals surface area contributed by atoms with E-state index in [0.717, 1.165) is 52.5 Å². The maximum atomic E-state index is 6.18. The van der Waals surface area contributed by atoms with Crippen molar-refractivity contribution >= 4 is 17.3 Å². The molecule has 4 nitrogen and oxygen atoms in total. The maximum Gasteiger partial charge on any atom is 0.227 e. The van der Waals surface area contributed by atoms with Crippen LogP contribution < -0.4 is 0 Å². The van der Waals surface area contributed by atoms with Crippen molar-refractivity contribution in [3.05, 3.63) is 46.3 Å². The monoisotopic (exact) mass is 371 g/mol. The predicted octanol–water partition coefficient (Wildman–Crippen LogP) is 5.49. The third-order valence-electron chi connectivity index (χ3n) is 5.18. The van der Waals surface area contributed by atoms with E-state index in [2.05, 4.69) is 18.7 Å². The first-order valence-corrected chi connectivity index (χ1v) is 9.90. The van der Waals surface area contributed by atoms with E-state index in [-0.39, 0.29) is 0 Å². The highest BCUT2D eigenvalue weighted by Gasteiger charge is 2.26. The summed E-state index contributed by atoms with van der Waals surface area (Å²) in [6.45, 7) is 9.56. The Morgan fingerprint density at radius 3 is 2.62 bits per heavy atom. The molecule has 1 aliphatic rings. The number of nitrogens with zero attached hydrogens (tertiary/aromatic N) is 3. The number of halogens is 1. The molecule has 1 fully saturated rings. The van der Waals surface area contributed by atoms with Gasteiger partial charge in [0.25, 0.3) is 0 Å². The van der Waals surface area contributed by atoms with Crippen LogP contribution in [0.25, 0.3) is 17.0 Å². The molecule has 1 aliphatic carbocycles. The van der Waals surface area contributed by atoms with E-state index in [9.17, 15) is 0 Å². The van der Waals surface area contributed by atoms with Crippen LogP contribution >= 0.6 is 11.6 Å². The van der Waals surface area contributed by atoms with E-state index in [1.807, 2.05) is 35.7 Å². The first kappa shape index (κ1) is 17.6. The normalized spacial score (nSPS) is 14.7. The highest BCUT2D eigenvalue weighted by atomic mass is 35.5. The average Bonchev–Trinajstić information content (AvgIpc) is 3.30. The number of oxazole rings is 1. The Morgan fingerprint density at radius 1 is 1.23 bits per heavy atom. The first-order chi connectivity index (χ1) is 12.6. The van der Waals surface area contributed by atoms with E-state index < -0.39 is 0 Å². The van der Waals surface area contributed by atoms with Crippen LogP contribution in [0, 0.1) is 19.8 Å². The lowest BCUT2D eigenvalue weighted by Gasteiger charge is -2.20. The van der Waals surface area contributed by atoms with Gasteiger partial charge >= 0.3 is 0 Å². The van der Waals surface area contributed by atoms with E-state index in [1.54, 1.807) is 0 Å². The van der Waals surface area contributed by atoms with Gasteiger partial charge in [0.15, 0.2) is 0 Å². The Morgan fingerprint density at radius 2 is 1.96 bits per heavy atom. The molecule has 0 spiro atoms. The molecule has 0 N–H and O–H groups in total. The molecular weight excluding hydrogens is 346 g/mol. The SMILES string of the molecule is CCCN(Cc1c(C)nn2c(-c3ccc(Cl)cc3)c(C)oc12)CC1CC1. The molecule has 0 atom stereocenters. The second-order valence-corrected chi connectivity index (χ2v) is 7.91. The summed E-state index contributed by atoms with van der Waals surface area (Å²) in [5, 5.41) is 5.54. The Bertz CT molecular complexity index is 906. The summed E-state index contributed by atoms with van der Waals surface area (Å²) in [6, 6.07) is 7.86. The molecule has 0 amide bonds. The zero-order valence-corrected chi connectivity index (χ0v) is 16.5. The summed E-state index contributed by atoms with van der Waals surface area (Å²) in [6.07, 6.45) is 3.93. The lowest BCUT2D eigenvalue weighted by atomic mass is 10.1. The van der Waals surface area contributed by atoms with Gasteiger partial charge in [-0.25, -0.2) is 0 Å². The Labute approximate surface area is 159 Å². The van der Waals surface area contributed by atoms with Crippen LogP contribution in [0.1, 0.15) is 43.2 Å². The van der Waals surface area contributed by atoms with Gasteiger partial charge in [-0.2, -0.15) is 9.61 Å². The lowest BCUT2D eigenvalue weighted by Crippen LogP contribution is -2.26. The van der Waals surface area contributed by atoms with Gasteiger partial charge in [0.05, 0.1) is 11.3 Å². The van der Waals surface area contributed by atoms with Crippen molar-refractivity contribution in [2.45, 2.75) is 46.6 Å². The second kappa shape index (κ2) is 7.09. The summed E-state index contributed by atoms with van der Waals surface area (Å²) in [7, 11) is 0. The largest absolute Gasteiger partial charge is 0.441 e. The van der Waals surface area contributed by atoms with Gasteiger partial charge in [-0.1, -0.05) is 30.7 Å². The topological polar surface area (TPSA) is 33.7 Å². The number of aryl methyl sites for hydroxylation is 2. The van der Waals surface area contributed by atoms with Crippen molar-refractivity contribution in [3.63, 3.8) is 0 Å². The van der Waals surface area contributed by atoms with Gasteiger partial charge < -0.3 is 4.42 Å². The molecule has 1 saturated carbocycles. The summed E-state index contributed by atoms with van der Waals surface area (Å²) in [5.41, 5.74) is 5.22. The molecule has 0 saturated heterocycles. The van der Waals surface area contributed by atoms with Gasteiger partial charge in [0.2, 0.25) is 5.71 Å². The Hall–Kier alpha value is -1.78. The fourth-order valence-electron chi connectivity index (χ4n) is 3.69. The summed E-state index contributed by atoms with van der Waals surface area (Å²) >= 11 is 6.04. The molecular formula is C21H26ClN3O. The summed E-state index contributed by atoms with van der Waals surface area (Å²) in [5.74, 6) is 1.77. The minimum absolute atomic E-state index is 0.735. The highest BCUT2D eigenvalue weighted by molar-refractivity contribution is 6.30. The average molecular weight is 372 g/mol. The molecule has 26 heavy (non-hydrogen) atoms. The molecule has 0 aliphatic heterocycles. The number of hydrogen-bond acceptors (Lipinski definition) is 3. The van der Waals surface area contributed by atoms with Crippen LogP contribution in [-0.4, -0.2) is 27.6 Å². The molecule has 0 bridgehead atoms. The van der Waals surface area contributed by atoms with Crippen molar-refractivity contribution in [2.75, 3.05) is 13.1 Å². The van der Waals surface area contributed by atoms with Crippen molar-refractivity contribution < 1.29 is 4.42 Å². The van der Waals surface area contributed by atoms with Crippen molar-refractivity contribution in [1.29, 1.82) is 0 Å². The van der Waals surface area contributed by atoms with E-state index in [1.165, 1.54) is 31.4 Å². The van der Waals surface area contributed by atoms with E-state index >= 15 is 0 Å². The third-order valence-corrected chi connectivity index (χ3v) is 5.44. The van der Waals surface area contributed by atoms with Crippen molar-refractivity contribution in [1.82, 2.24) is 14.5 Å². The fraction of sp³-hybridized carbons (Fsp3) is 0.476. The Kier molecular flexibility index (Phi) is 4.80. The van der Waals surface area contributed by atoms with Crippen LogP contribution in [-0.2, 0) is 6.54 Å². The molecule has 0 radical (unpaired) electrons. The number of fused-ring (bicyclic) bond motifs is 1. The van der Waals surface area contributed by atoms with Crippen molar-refractivity contribution in [2.24, 2.45) is 5.92 Å². The summed E-state index contributed by atoms with van der Waals surface area (Å²) < 4.78 is 8.14. The molecule has 2 aromatic heterocycles. The zero-order chi connectivity index (χ0) is 18.3. The molecule has 0 unspecified atom stereocenters. The Balaban J connectivity index is 1.71. The molecule has 4 rings (SSSR count). The second-order valence-electron chi connectivity index (χ2n) is 7.47. The minimum atomic E-state index is 0.735. The first-order valence-electron chi connectivity index (χ1n) is 9.52. The molecule has 5 heteroatoms. The number of rotatable bonds is 7. The minimum Gasteiger partial charge on any atom is -0.441 e. The molecule has 138 valence electrons. The van der Waals surface area contributed by atoms with Crippen LogP contribution in [0.3, 0.4) is 0 Å². The van der Waals surface area contributed by atoms with Crippen LogP contribution in [0.5, 0.6) is 0 Å². The smallest absolute Gasteiger partial charge is 0.227 e. The number of hydrogen-bond donors (Lipinski definition) is 0. The van der Waals surface area contributed by atoms with Crippen LogP contribution in [0.2, 0.25) is 5.02 Å². The van der Waals surface area contributed by atoms with Gasteiger partial charge in [-0.05, 0) is 57.7 Å². The van der Waals surface area contributed by atoms with Gasteiger partial charge in [-0.3, -0.25) is 4.90 Å². The highest BCUT2D eigenvalue weighted by Crippen LogP contribution is 2.33. The quantitative estimate of drug-likeness (QED) is 0.550. The van der Waals surface area contributed by atoms with Crippen molar-refractivity contribution in [3.8, 4) is 11.3 Å². The number of aromatic nitrogens is 2. The predicted molar refractivity (Wildman–Crippen MR) is 106 cm³/mol. The lowest BCUT2D eigenvalue weighted by molar-refractivity contribution is 0.254. The standard InChI is InChI=1S/C21H26ClN3O/c1-4-11-24(12-16-5-6-16)13-19-14(2)23-25-20(15(3)26-21(19)25)17-7-9-18(22)10-8-17/h7-10,16H,4-6,11-13H2,1-3H3. The van der Waals surface area contributed by atoms with Crippen LogP contribution in [0.15, 0.2) is 28.7 Å². The molecule has 1 aromatic carbocycles. The van der Waals surface area contributed by atoms with Gasteiger partial charge in [-0.15, -0.1) is 0 Å².